The highest BCUT2D eigenvalue weighted by molar-refractivity contribution is 6.00. The molecule has 1 aromatic carbocycles. The summed E-state index contributed by atoms with van der Waals surface area (Å²) in [7, 11) is 0. The van der Waals surface area contributed by atoms with Crippen molar-refractivity contribution >= 4 is 11.6 Å². The topological polar surface area (TPSA) is 83.8 Å². The van der Waals surface area contributed by atoms with Crippen molar-refractivity contribution in [2.75, 3.05) is 12.3 Å². The molecule has 2 aromatic rings. The molecule has 94 valence electrons. The lowest BCUT2D eigenvalue weighted by Crippen LogP contribution is -2.27. The van der Waals surface area contributed by atoms with Crippen molar-refractivity contribution in [3.8, 4) is 0 Å². The van der Waals surface area contributed by atoms with Crippen LogP contribution in [-0.2, 0) is 6.42 Å². The molecular formula is C13H16N4O. The van der Waals surface area contributed by atoms with Gasteiger partial charge in [-0.1, -0.05) is 12.1 Å². The highest BCUT2D eigenvalue weighted by atomic mass is 16.1. The van der Waals surface area contributed by atoms with Gasteiger partial charge in [0.25, 0.3) is 5.91 Å². The molecule has 0 radical (unpaired) electrons. The number of rotatable bonds is 4. The molecule has 1 aromatic heterocycles. The summed E-state index contributed by atoms with van der Waals surface area (Å²) < 4.78 is 0. The normalized spacial score (nSPS) is 10.3. The number of H-pyrrole nitrogens is 1. The second-order valence-corrected chi connectivity index (χ2v) is 4.12. The molecule has 18 heavy (non-hydrogen) atoms. The number of aromatic amines is 1. The summed E-state index contributed by atoms with van der Waals surface area (Å²) in [5, 5.41) is 2.85. The number of nitrogens with zero attached hydrogens (tertiary/aromatic N) is 1. The van der Waals surface area contributed by atoms with Crippen molar-refractivity contribution in [1.29, 1.82) is 0 Å². The van der Waals surface area contributed by atoms with Crippen LogP contribution in [0.5, 0.6) is 0 Å². The number of anilines is 1. The molecule has 0 bridgehead atoms. The van der Waals surface area contributed by atoms with Gasteiger partial charge in [0, 0.05) is 30.5 Å². The van der Waals surface area contributed by atoms with Crippen molar-refractivity contribution in [2.24, 2.45) is 0 Å². The first-order valence-corrected chi connectivity index (χ1v) is 5.79. The number of hydrogen-bond donors (Lipinski definition) is 3. The minimum atomic E-state index is -0.134. The van der Waals surface area contributed by atoms with Crippen molar-refractivity contribution in [2.45, 2.75) is 13.3 Å². The van der Waals surface area contributed by atoms with Gasteiger partial charge in [0.2, 0.25) is 0 Å². The molecule has 0 unspecified atom stereocenters. The van der Waals surface area contributed by atoms with Crippen LogP contribution in [0.4, 0.5) is 5.69 Å². The van der Waals surface area contributed by atoms with E-state index in [-0.39, 0.29) is 5.91 Å². The predicted octanol–water partition coefficient (Wildman–Crippen LogP) is 1.27. The number of benzene rings is 1. The number of amides is 1. The maximum absolute atomic E-state index is 12.0. The van der Waals surface area contributed by atoms with Gasteiger partial charge < -0.3 is 16.0 Å². The van der Waals surface area contributed by atoms with E-state index >= 15 is 0 Å². The van der Waals surface area contributed by atoms with Crippen LogP contribution in [-0.4, -0.2) is 22.4 Å². The summed E-state index contributed by atoms with van der Waals surface area (Å²) in [6.07, 6.45) is 4.09. The number of nitrogen functional groups attached to an aromatic ring is 1. The maximum atomic E-state index is 12.0. The number of carbonyl (C=O) groups is 1. The van der Waals surface area contributed by atoms with Gasteiger partial charge in [0.1, 0.15) is 0 Å². The zero-order valence-electron chi connectivity index (χ0n) is 10.2. The van der Waals surface area contributed by atoms with Crippen molar-refractivity contribution in [3.05, 3.63) is 47.5 Å². The molecule has 0 saturated carbocycles. The Balaban J connectivity index is 1.96. The monoisotopic (exact) mass is 244 g/mol. The van der Waals surface area contributed by atoms with E-state index in [9.17, 15) is 4.79 Å². The van der Waals surface area contributed by atoms with Gasteiger partial charge in [-0.3, -0.25) is 4.79 Å². The quantitative estimate of drug-likeness (QED) is 0.708. The molecule has 5 heteroatoms. The van der Waals surface area contributed by atoms with Crippen LogP contribution in [0.1, 0.15) is 21.6 Å². The largest absolute Gasteiger partial charge is 0.398 e. The fourth-order valence-corrected chi connectivity index (χ4v) is 1.82. The van der Waals surface area contributed by atoms with E-state index in [1.807, 2.05) is 19.1 Å². The van der Waals surface area contributed by atoms with Gasteiger partial charge >= 0.3 is 0 Å². The van der Waals surface area contributed by atoms with Crippen LogP contribution >= 0.6 is 0 Å². The fraction of sp³-hybridized carbons (Fsp3) is 0.231. The lowest BCUT2D eigenvalue weighted by atomic mass is 10.1. The summed E-state index contributed by atoms with van der Waals surface area (Å²) >= 11 is 0. The third-order valence-electron chi connectivity index (χ3n) is 2.77. The molecule has 0 aliphatic heterocycles. The average Bonchev–Trinajstić information content (AvgIpc) is 2.82. The average molecular weight is 244 g/mol. The molecule has 0 atom stereocenters. The van der Waals surface area contributed by atoms with E-state index in [2.05, 4.69) is 15.3 Å². The first-order chi connectivity index (χ1) is 8.68. The first kappa shape index (κ1) is 12.2. The summed E-state index contributed by atoms with van der Waals surface area (Å²) in [4.78, 5) is 18.9. The third kappa shape index (κ3) is 2.68. The zero-order valence-corrected chi connectivity index (χ0v) is 10.2. The van der Waals surface area contributed by atoms with Crippen LogP contribution in [0, 0.1) is 6.92 Å². The number of nitrogens with two attached hydrogens (primary N) is 1. The predicted molar refractivity (Wildman–Crippen MR) is 70.2 cm³/mol. The van der Waals surface area contributed by atoms with E-state index in [0.717, 1.165) is 17.7 Å². The molecule has 0 aliphatic carbocycles. The Morgan fingerprint density at radius 1 is 1.50 bits per heavy atom. The van der Waals surface area contributed by atoms with Crippen LogP contribution < -0.4 is 11.1 Å². The van der Waals surface area contributed by atoms with Gasteiger partial charge in [-0.15, -0.1) is 0 Å². The Morgan fingerprint density at radius 2 is 2.33 bits per heavy atom. The standard InChI is InChI=1S/C13H16N4O/c1-9-3-2-4-11(14)12(9)13(18)16-6-5-10-7-15-8-17-10/h2-4,7-8H,5-6,14H2,1H3,(H,15,17)(H,16,18). The number of carbonyl (C=O) groups excluding carboxylic acids is 1. The van der Waals surface area contributed by atoms with Gasteiger partial charge in [0.15, 0.2) is 0 Å². The van der Waals surface area contributed by atoms with Gasteiger partial charge in [-0.2, -0.15) is 0 Å². The number of aryl methyl sites for hydroxylation is 1. The first-order valence-electron chi connectivity index (χ1n) is 5.79. The highest BCUT2D eigenvalue weighted by Crippen LogP contribution is 2.15. The lowest BCUT2D eigenvalue weighted by Gasteiger charge is -2.09. The molecule has 5 nitrogen and oxygen atoms in total. The minimum Gasteiger partial charge on any atom is -0.398 e. The van der Waals surface area contributed by atoms with E-state index in [1.54, 1.807) is 18.6 Å². The molecule has 4 N–H and O–H groups in total. The molecule has 1 amide bonds. The Bertz CT molecular complexity index is 514. The summed E-state index contributed by atoms with van der Waals surface area (Å²) in [6, 6.07) is 5.45. The van der Waals surface area contributed by atoms with Crippen LogP contribution in [0.15, 0.2) is 30.7 Å². The lowest BCUT2D eigenvalue weighted by molar-refractivity contribution is 0.0954. The number of aromatic nitrogens is 2. The summed E-state index contributed by atoms with van der Waals surface area (Å²) in [5.74, 6) is -0.134. The zero-order chi connectivity index (χ0) is 13.0. The van der Waals surface area contributed by atoms with Gasteiger partial charge in [-0.25, -0.2) is 4.98 Å². The van der Waals surface area contributed by atoms with E-state index in [1.165, 1.54) is 0 Å². The second-order valence-electron chi connectivity index (χ2n) is 4.12. The Kier molecular flexibility index (Phi) is 3.62. The molecule has 0 saturated heterocycles. The molecule has 2 rings (SSSR count). The Labute approximate surface area is 105 Å². The van der Waals surface area contributed by atoms with Crippen molar-refractivity contribution in [3.63, 3.8) is 0 Å². The molecule has 1 heterocycles. The SMILES string of the molecule is Cc1cccc(N)c1C(=O)NCCc1cnc[nH]1. The third-order valence-corrected chi connectivity index (χ3v) is 2.77. The second kappa shape index (κ2) is 5.35. The molecule has 0 fully saturated rings. The van der Waals surface area contributed by atoms with Gasteiger partial charge in [-0.05, 0) is 18.6 Å². The van der Waals surface area contributed by atoms with Crippen LogP contribution in [0.3, 0.4) is 0 Å². The van der Waals surface area contributed by atoms with Crippen LogP contribution in [0.2, 0.25) is 0 Å². The van der Waals surface area contributed by atoms with E-state index < -0.39 is 0 Å². The summed E-state index contributed by atoms with van der Waals surface area (Å²) in [5.41, 5.74) is 8.75. The van der Waals surface area contributed by atoms with E-state index in [4.69, 9.17) is 5.73 Å². The Hall–Kier alpha value is -2.30. The molecule has 0 spiro atoms. The smallest absolute Gasteiger partial charge is 0.253 e. The van der Waals surface area contributed by atoms with Crippen molar-refractivity contribution in [1.82, 2.24) is 15.3 Å². The van der Waals surface area contributed by atoms with Crippen molar-refractivity contribution < 1.29 is 4.79 Å². The molecule has 0 aliphatic rings. The van der Waals surface area contributed by atoms with Crippen LogP contribution in [0.25, 0.3) is 0 Å². The van der Waals surface area contributed by atoms with E-state index in [0.29, 0.717) is 17.8 Å². The Morgan fingerprint density at radius 3 is 3.00 bits per heavy atom. The highest BCUT2D eigenvalue weighted by Gasteiger charge is 2.11. The molecular weight excluding hydrogens is 228 g/mol. The number of hydrogen-bond acceptors (Lipinski definition) is 3. The number of imidazole rings is 1. The number of nitrogens with one attached hydrogen (secondary N) is 2. The summed E-state index contributed by atoms with van der Waals surface area (Å²) in [6.45, 7) is 2.43. The fourth-order valence-electron chi connectivity index (χ4n) is 1.82. The van der Waals surface area contributed by atoms with Gasteiger partial charge in [0.05, 0.1) is 11.9 Å². The minimum absolute atomic E-state index is 0.134. The maximum Gasteiger partial charge on any atom is 0.253 e.